The topological polar surface area (TPSA) is 73.7 Å². The van der Waals surface area contributed by atoms with Crippen molar-refractivity contribution in [2.24, 2.45) is 10.8 Å². The summed E-state index contributed by atoms with van der Waals surface area (Å²) < 4.78 is 72.3. The Bertz CT molecular complexity index is 1660. The molecular weight excluding hydrogens is 571 g/mol. The summed E-state index contributed by atoms with van der Waals surface area (Å²) in [4.78, 5) is 31.4. The van der Waals surface area contributed by atoms with E-state index in [2.05, 4.69) is 29.2 Å². The summed E-state index contributed by atoms with van der Waals surface area (Å²) >= 11 is 0. The minimum Gasteiger partial charge on any atom is -0.368 e. The third kappa shape index (κ3) is 4.60. The molecule has 3 heterocycles. The average Bonchev–Trinajstić information content (AvgIpc) is 3.59. The maximum absolute atomic E-state index is 14.4. The van der Waals surface area contributed by atoms with Gasteiger partial charge in [-0.05, 0) is 55.0 Å². The van der Waals surface area contributed by atoms with E-state index in [-0.39, 0.29) is 24.0 Å². The summed E-state index contributed by atoms with van der Waals surface area (Å²) in [6, 6.07) is 8.54. The molecule has 1 saturated heterocycles. The highest BCUT2D eigenvalue weighted by Crippen LogP contribution is 2.65. The highest BCUT2D eigenvalue weighted by Gasteiger charge is 2.70. The molecule has 1 saturated carbocycles. The fraction of sp³-hybridized carbons (Fsp3) is 0.433. The van der Waals surface area contributed by atoms with Crippen molar-refractivity contribution in [3.05, 3.63) is 70.1 Å². The number of nitrogens with one attached hydrogen (secondary N) is 1. The Labute approximate surface area is 244 Å². The Morgan fingerprint density at radius 2 is 1.60 bits per heavy atom. The van der Waals surface area contributed by atoms with E-state index in [1.54, 1.807) is 36.0 Å². The van der Waals surface area contributed by atoms with Gasteiger partial charge in [0, 0.05) is 33.3 Å². The Balaban J connectivity index is 1.41. The van der Waals surface area contributed by atoms with Gasteiger partial charge in [-0.25, -0.2) is 8.78 Å². The van der Waals surface area contributed by atoms with Crippen LogP contribution < -0.4 is 25.6 Å². The number of hydrogen-bond acceptors (Lipinski definition) is 6. The van der Waals surface area contributed by atoms with Gasteiger partial charge in [0.1, 0.15) is 23.0 Å². The quantitative estimate of drug-likeness (QED) is 0.386. The second-order valence-electron chi connectivity index (χ2n) is 12.4. The number of rotatable bonds is 5. The summed E-state index contributed by atoms with van der Waals surface area (Å²) in [6.45, 7) is 5.43. The summed E-state index contributed by atoms with van der Waals surface area (Å²) in [5, 5.41) is 6.75. The van der Waals surface area contributed by atoms with E-state index < -0.39 is 46.5 Å². The molecule has 0 spiro atoms. The van der Waals surface area contributed by atoms with E-state index in [0.717, 1.165) is 36.8 Å². The first-order valence-corrected chi connectivity index (χ1v) is 14.0. The van der Waals surface area contributed by atoms with E-state index in [1.807, 2.05) is 0 Å². The maximum Gasteiger partial charge on any atom is 0.398 e. The molecule has 0 radical (unpaired) electrons. The molecule has 13 heteroatoms. The molecule has 1 amide bonds. The Morgan fingerprint density at radius 1 is 0.930 bits per heavy atom. The van der Waals surface area contributed by atoms with Gasteiger partial charge in [-0.15, -0.1) is 0 Å². The van der Waals surface area contributed by atoms with Crippen molar-refractivity contribution in [3.63, 3.8) is 0 Å². The number of anilines is 4. The highest BCUT2D eigenvalue weighted by molar-refractivity contribution is 6.07. The predicted molar refractivity (Wildman–Crippen MR) is 153 cm³/mol. The molecule has 2 aliphatic heterocycles. The zero-order valence-corrected chi connectivity index (χ0v) is 24.1. The number of carbonyl (C=O) groups is 1. The molecule has 0 bridgehead atoms. The van der Waals surface area contributed by atoms with Gasteiger partial charge >= 0.3 is 6.18 Å². The lowest BCUT2D eigenvalue weighted by Gasteiger charge is -2.37. The number of aromatic nitrogens is 2. The molecule has 1 N–H and O–H groups in total. The lowest BCUT2D eigenvalue weighted by molar-refractivity contribution is -0.192. The number of carbonyl (C=O) groups excluding carboxylic acids is 1. The van der Waals surface area contributed by atoms with Gasteiger partial charge in [-0.2, -0.15) is 23.0 Å². The molecule has 1 aliphatic carbocycles. The minimum absolute atomic E-state index is 0.0312. The van der Waals surface area contributed by atoms with Gasteiger partial charge in [0.25, 0.3) is 11.5 Å². The largest absolute Gasteiger partial charge is 0.398 e. The van der Waals surface area contributed by atoms with Crippen molar-refractivity contribution in [1.82, 2.24) is 9.78 Å². The SMILES string of the molecule is CN1c2ccc(NC(=O)c3ccc(=O)n(-c4c(F)cccc4F)n3)c(N3CCC(C)(C)C3)c2N(C)C1C1(C(F)(F)F)CC1. The smallest absolute Gasteiger partial charge is 0.368 e. The van der Waals surface area contributed by atoms with E-state index in [9.17, 15) is 31.5 Å². The fourth-order valence-electron chi connectivity index (χ4n) is 6.57. The van der Waals surface area contributed by atoms with Crippen LogP contribution in [0.25, 0.3) is 5.69 Å². The van der Waals surface area contributed by atoms with Gasteiger partial charge in [-0.3, -0.25) is 9.59 Å². The molecule has 2 aromatic carbocycles. The Hall–Kier alpha value is -4.16. The summed E-state index contributed by atoms with van der Waals surface area (Å²) in [5.74, 6) is -2.82. The maximum atomic E-state index is 14.4. The molecule has 1 atom stereocenters. The van der Waals surface area contributed by atoms with Crippen molar-refractivity contribution in [2.45, 2.75) is 45.5 Å². The van der Waals surface area contributed by atoms with Gasteiger partial charge < -0.3 is 20.0 Å². The standard InChI is InChI=1S/C30H31F5N6O2/c1-28(2)14-15-40(16-28)24-19(8-10-21-25(24)39(4)27(38(21)3)29(12-13-29)30(33,34)35)36-26(43)20-9-11-22(42)41(37-20)23-17(31)6-5-7-18(23)32/h5-11,27H,12-16H2,1-4H3,(H,36,43). The van der Waals surface area contributed by atoms with E-state index in [1.165, 1.54) is 0 Å². The van der Waals surface area contributed by atoms with Gasteiger partial charge in [0.05, 0.1) is 22.7 Å². The van der Waals surface area contributed by atoms with Gasteiger partial charge in [0.2, 0.25) is 0 Å². The van der Waals surface area contributed by atoms with Crippen LogP contribution in [0.4, 0.5) is 44.7 Å². The van der Waals surface area contributed by atoms with Crippen LogP contribution in [0.5, 0.6) is 0 Å². The molecule has 1 unspecified atom stereocenters. The van der Waals surface area contributed by atoms with Gasteiger partial charge in [-0.1, -0.05) is 19.9 Å². The monoisotopic (exact) mass is 602 g/mol. The van der Waals surface area contributed by atoms with Crippen LogP contribution in [0, 0.1) is 22.5 Å². The molecule has 2 fully saturated rings. The third-order valence-corrected chi connectivity index (χ3v) is 8.87. The second kappa shape index (κ2) is 9.68. The van der Waals surface area contributed by atoms with Crippen LogP contribution in [0.2, 0.25) is 0 Å². The molecule has 3 aromatic rings. The van der Waals surface area contributed by atoms with Crippen LogP contribution in [0.1, 0.15) is 43.6 Å². The predicted octanol–water partition coefficient (Wildman–Crippen LogP) is 5.55. The summed E-state index contributed by atoms with van der Waals surface area (Å²) in [5.41, 5.74) is -1.66. The minimum atomic E-state index is -4.39. The second-order valence-corrected chi connectivity index (χ2v) is 12.4. The van der Waals surface area contributed by atoms with Crippen molar-refractivity contribution in [2.75, 3.05) is 47.2 Å². The van der Waals surface area contributed by atoms with E-state index in [4.69, 9.17) is 0 Å². The molecule has 8 nitrogen and oxygen atoms in total. The number of para-hydroxylation sites is 1. The molecule has 228 valence electrons. The molecule has 43 heavy (non-hydrogen) atoms. The Kier molecular flexibility index (Phi) is 6.51. The van der Waals surface area contributed by atoms with Crippen molar-refractivity contribution < 1.29 is 26.7 Å². The van der Waals surface area contributed by atoms with Gasteiger partial charge in [0.15, 0.2) is 11.6 Å². The number of nitrogens with zero attached hydrogens (tertiary/aromatic N) is 5. The number of alkyl halides is 3. The van der Waals surface area contributed by atoms with E-state index >= 15 is 0 Å². The zero-order valence-electron chi connectivity index (χ0n) is 24.1. The van der Waals surface area contributed by atoms with Crippen molar-refractivity contribution in [3.8, 4) is 5.69 Å². The first-order chi connectivity index (χ1) is 20.1. The van der Waals surface area contributed by atoms with Crippen LogP contribution >= 0.6 is 0 Å². The lowest BCUT2D eigenvalue weighted by atomic mass is 9.93. The van der Waals surface area contributed by atoms with Crippen LogP contribution in [-0.2, 0) is 0 Å². The number of hydrogen-bond donors (Lipinski definition) is 1. The molecular formula is C30H31F5N6O2. The van der Waals surface area contributed by atoms with Crippen molar-refractivity contribution >= 4 is 28.7 Å². The molecule has 3 aliphatic rings. The average molecular weight is 603 g/mol. The Morgan fingerprint density at radius 3 is 2.19 bits per heavy atom. The van der Waals surface area contributed by atoms with Crippen LogP contribution in [0.3, 0.4) is 0 Å². The normalized spacial score (nSPS) is 20.4. The number of benzene rings is 2. The van der Waals surface area contributed by atoms with Crippen LogP contribution in [0.15, 0.2) is 47.3 Å². The first-order valence-electron chi connectivity index (χ1n) is 14.0. The number of amides is 1. The number of halogens is 5. The zero-order chi connectivity index (χ0) is 31.1. The first kappa shape index (κ1) is 28.9. The summed E-state index contributed by atoms with van der Waals surface area (Å²) in [7, 11) is 3.30. The number of fused-ring (bicyclic) bond motifs is 1. The van der Waals surface area contributed by atoms with Crippen LogP contribution in [-0.4, -0.2) is 55.2 Å². The van der Waals surface area contributed by atoms with Crippen molar-refractivity contribution in [1.29, 1.82) is 0 Å². The third-order valence-electron chi connectivity index (χ3n) is 8.87. The fourth-order valence-corrected chi connectivity index (χ4v) is 6.57. The highest BCUT2D eigenvalue weighted by atomic mass is 19.4. The summed E-state index contributed by atoms with van der Waals surface area (Å²) in [6.07, 6.45) is -4.45. The molecule has 1 aromatic heterocycles. The van der Waals surface area contributed by atoms with E-state index in [0.29, 0.717) is 40.5 Å². The lowest BCUT2D eigenvalue weighted by Crippen LogP contribution is -2.52. The molecule has 6 rings (SSSR count).